The molecule has 0 atom stereocenters. The normalized spacial score (nSPS) is 14.7. The van der Waals surface area contributed by atoms with Crippen LogP contribution in [0.1, 0.15) is 16.7 Å². The summed E-state index contributed by atoms with van der Waals surface area (Å²) in [5.41, 5.74) is 4.24. The van der Waals surface area contributed by atoms with Gasteiger partial charge in [-0.05, 0) is 43.7 Å². The summed E-state index contributed by atoms with van der Waals surface area (Å²) in [5, 5.41) is 13.2. The molecule has 154 valence electrons. The first kappa shape index (κ1) is 19.8. The molecule has 2 heterocycles. The molecule has 1 aliphatic rings. The zero-order chi connectivity index (χ0) is 20.9. The number of amidine groups is 1. The lowest BCUT2D eigenvalue weighted by atomic mass is 10.1. The molecule has 1 N–H and O–H groups in total. The third-order valence-electron chi connectivity index (χ3n) is 5.33. The first-order chi connectivity index (χ1) is 14.6. The van der Waals surface area contributed by atoms with E-state index in [1.807, 2.05) is 31.2 Å². The molecular weight excluding hydrogens is 376 g/mol. The van der Waals surface area contributed by atoms with Crippen LogP contribution in [0.4, 0.5) is 5.69 Å². The van der Waals surface area contributed by atoms with Gasteiger partial charge in [0, 0.05) is 49.7 Å². The number of aryl methyl sites for hydroxylation is 2. The minimum atomic E-state index is 0.511. The number of benzene rings is 2. The van der Waals surface area contributed by atoms with Gasteiger partial charge < -0.3 is 19.7 Å². The SMILES string of the molecule is Cc1ccc(Oc2ccc(/C(=N/O)N3CCN(c4ccccc4)CC3)cn2)c(C)c1. The number of oxime groups is 1. The molecular formula is C24H26N4O2. The smallest absolute Gasteiger partial charge is 0.219 e. The second-order valence-corrected chi connectivity index (χ2v) is 7.49. The predicted molar refractivity (Wildman–Crippen MR) is 119 cm³/mol. The van der Waals surface area contributed by atoms with E-state index in [0.717, 1.165) is 43.1 Å². The van der Waals surface area contributed by atoms with E-state index >= 15 is 0 Å². The van der Waals surface area contributed by atoms with Crippen molar-refractivity contribution in [1.82, 2.24) is 9.88 Å². The Morgan fingerprint density at radius 2 is 1.73 bits per heavy atom. The summed E-state index contributed by atoms with van der Waals surface area (Å²) in [6.45, 7) is 7.35. The molecule has 1 saturated heterocycles. The van der Waals surface area contributed by atoms with Gasteiger partial charge in [-0.2, -0.15) is 0 Å². The number of nitrogens with zero attached hydrogens (tertiary/aromatic N) is 4. The van der Waals surface area contributed by atoms with Gasteiger partial charge in [0.15, 0.2) is 5.84 Å². The van der Waals surface area contributed by atoms with Crippen LogP contribution < -0.4 is 9.64 Å². The topological polar surface area (TPSA) is 61.2 Å². The van der Waals surface area contributed by atoms with Gasteiger partial charge in [0.2, 0.25) is 5.88 Å². The summed E-state index contributed by atoms with van der Waals surface area (Å²) in [4.78, 5) is 8.83. The first-order valence-corrected chi connectivity index (χ1v) is 10.1. The molecule has 6 nitrogen and oxygen atoms in total. The van der Waals surface area contributed by atoms with Crippen LogP contribution in [0.5, 0.6) is 11.6 Å². The number of anilines is 1. The summed E-state index contributed by atoms with van der Waals surface area (Å²) >= 11 is 0. The highest BCUT2D eigenvalue weighted by Gasteiger charge is 2.22. The summed E-state index contributed by atoms with van der Waals surface area (Å²) < 4.78 is 5.91. The average molecular weight is 402 g/mol. The number of para-hydroxylation sites is 1. The van der Waals surface area contributed by atoms with Crippen LogP contribution >= 0.6 is 0 Å². The van der Waals surface area contributed by atoms with Gasteiger partial charge in [0.1, 0.15) is 5.75 Å². The average Bonchev–Trinajstić information content (AvgIpc) is 2.78. The Morgan fingerprint density at radius 1 is 0.967 bits per heavy atom. The van der Waals surface area contributed by atoms with Crippen LogP contribution in [0.25, 0.3) is 0 Å². The highest BCUT2D eigenvalue weighted by atomic mass is 16.5. The largest absolute Gasteiger partial charge is 0.439 e. The Kier molecular flexibility index (Phi) is 5.84. The van der Waals surface area contributed by atoms with E-state index in [1.165, 1.54) is 11.3 Å². The lowest BCUT2D eigenvalue weighted by Crippen LogP contribution is -2.49. The van der Waals surface area contributed by atoms with Crippen molar-refractivity contribution in [1.29, 1.82) is 0 Å². The van der Waals surface area contributed by atoms with Crippen LogP contribution in [0.3, 0.4) is 0 Å². The first-order valence-electron chi connectivity index (χ1n) is 10.1. The number of hydrogen-bond donors (Lipinski definition) is 1. The molecule has 2 aromatic carbocycles. The van der Waals surface area contributed by atoms with E-state index in [-0.39, 0.29) is 0 Å². The summed E-state index contributed by atoms with van der Waals surface area (Å²) in [6, 6.07) is 20.1. The van der Waals surface area contributed by atoms with Gasteiger partial charge >= 0.3 is 0 Å². The van der Waals surface area contributed by atoms with E-state index in [9.17, 15) is 5.21 Å². The fourth-order valence-electron chi connectivity index (χ4n) is 3.72. The van der Waals surface area contributed by atoms with Gasteiger partial charge in [-0.3, -0.25) is 0 Å². The number of hydrogen-bond acceptors (Lipinski definition) is 5. The summed E-state index contributed by atoms with van der Waals surface area (Å²) in [7, 11) is 0. The van der Waals surface area contributed by atoms with Crippen LogP contribution in [-0.2, 0) is 0 Å². The van der Waals surface area contributed by atoms with Crippen molar-refractivity contribution in [3.63, 3.8) is 0 Å². The molecule has 0 bridgehead atoms. The number of pyridine rings is 1. The van der Waals surface area contributed by atoms with Crippen molar-refractivity contribution in [2.24, 2.45) is 5.16 Å². The molecule has 1 fully saturated rings. The lowest BCUT2D eigenvalue weighted by Gasteiger charge is -2.37. The van der Waals surface area contributed by atoms with Crippen molar-refractivity contribution in [3.05, 3.63) is 83.6 Å². The molecule has 3 aromatic rings. The van der Waals surface area contributed by atoms with Crippen molar-refractivity contribution in [2.75, 3.05) is 31.1 Å². The van der Waals surface area contributed by atoms with Gasteiger partial charge in [0.25, 0.3) is 0 Å². The van der Waals surface area contributed by atoms with E-state index in [1.54, 1.807) is 12.3 Å². The van der Waals surface area contributed by atoms with Gasteiger partial charge in [-0.1, -0.05) is 41.1 Å². The number of rotatable bonds is 4. The van der Waals surface area contributed by atoms with Crippen LogP contribution in [0.15, 0.2) is 72.0 Å². The van der Waals surface area contributed by atoms with E-state index in [0.29, 0.717) is 11.7 Å². The number of ether oxygens (including phenoxy) is 1. The fraction of sp³-hybridized carbons (Fsp3) is 0.250. The van der Waals surface area contributed by atoms with Gasteiger partial charge in [0.05, 0.1) is 0 Å². The standard InChI is InChI=1S/C24H26N4O2/c1-18-8-10-22(19(2)16-18)30-23-11-9-20(17-25-23)24(26-29)28-14-12-27(13-15-28)21-6-4-3-5-7-21/h3-11,16-17,29H,12-15H2,1-2H3/b26-24-. The van der Waals surface area contributed by atoms with Crippen molar-refractivity contribution < 1.29 is 9.94 Å². The molecule has 0 unspecified atom stereocenters. The maximum absolute atomic E-state index is 9.66. The maximum atomic E-state index is 9.66. The zero-order valence-electron chi connectivity index (χ0n) is 17.3. The molecule has 30 heavy (non-hydrogen) atoms. The second-order valence-electron chi connectivity index (χ2n) is 7.49. The van der Waals surface area contributed by atoms with Crippen LogP contribution in [0.2, 0.25) is 0 Å². The molecule has 1 aliphatic heterocycles. The highest BCUT2D eigenvalue weighted by molar-refractivity contribution is 5.98. The molecule has 4 rings (SSSR count). The number of aromatic nitrogens is 1. The Bertz CT molecular complexity index is 1010. The monoisotopic (exact) mass is 402 g/mol. The molecule has 0 spiro atoms. The fourth-order valence-corrected chi connectivity index (χ4v) is 3.72. The van der Waals surface area contributed by atoms with Crippen molar-refractivity contribution in [3.8, 4) is 11.6 Å². The molecule has 0 radical (unpaired) electrons. The molecule has 0 amide bonds. The van der Waals surface area contributed by atoms with Crippen LogP contribution in [-0.4, -0.2) is 47.1 Å². The minimum Gasteiger partial charge on any atom is -0.439 e. The Morgan fingerprint density at radius 3 is 2.37 bits per heavy atom. The quantitative estimate of drug-likeness (QED) is 0.302. The lowest BCUT2D eigenvalue weighted by molar-refractivity contribution is 0.296. The van der Waals surface area contributed by atoms with Gasteiger partial charge in [-0.15, -0.1) is 0 Å². The Labute approximate surface area is 177 Å². The molecule has 0 saturated carbocycles. The van der Waals surface area contributed by atoms with E-state index in [2.05, 4.69) is 57.2 Å². The predicted octanol–water partition coefficient (Wildman–Crippen LogP) is 4.45. The van der Waals surface area contributed by atoms with Crippen molar-refractivity contribution >= 4 is 11.5 Å². The molecule has 0 aliphatic carbocycles. The molecule has 6 heteroatoms. The summed E-state index contributed by atoms with van der Waals surface area (Å²) in [5.74, 6) is 1.83. The Balaban J connectivity index is 1.41. The third kappa shape index (κ3) is 4.38. The van der Waals surface area contributed by atoms with Gasteiger partial charge in [-0.25, -0.2) is 4.98 Å². The van der Waals surface area contributed by atoms with E-state index in [4.69, 9.17) is 4.74 Å². The summed E-state index contributed by atoms with van der Waals surface area (Å²) in [6.07, 6.45) is 1.69. The molecule has 1 aromatic heterocycles. The Hall–Kier alpha value is -3.54. The second kappa shape index (κ2) is 8.86. The third-order valence-corrected chi connectivity index (χ3v) is 5.33. The highest BCUT2D eigenvalue weighted by Crippen LogP contribution is 2.25. The zero-order valence-corrected chi connectivity index (χ0v) is 17.3. The van der Waals surface area contributed by atoms with Crippen LogP contribution in [0, 0.1) is 13.8 Å². The maximum Gasteiger partial charge on any atom is 0.219 e. The number of piperazine rings is 1. The van der Waals surface area contributed by atoms with E-state index < -0.39 is 0 Å². The minimum absolute atomic E-state index is 0.511. The van der Waals surface area contributed by atoms with Crippen molar-refractivity contribution in [2.45, 2.75) is 13.8 Å².